The molecule has 2 heterocycles. The van der Waals surface area contributed by atoms with Gasteiger partial charge in [-0.2, -0.15) is 0 Å². The number of likely N-dealkylation sites (tertiary alicyclic amines) is 1. The van der Waals surface area contributed by atoms with Crippen molar-refractivity contribution >= 4 is 44.0 Å². The van der Waals surface area contributed by atoms with Gasteiger partial charge in [-0.25, -0.2) is 17.8 Å². The van der Waals surface area contributed by atoms with E-state index >= 15 is 0 Å². The van der Waals surface area contributed by atoms with E-state index in [1.54, 1.807) is 22.4 Å². The van der Waals surface area contributed by atoms with E-state index in [-0.39, 0.29) is 28.4 Å². The van der Waals surface area contributed by atoms with Gasteiger partial charge < -0.3 is 9.64 Å². The van der Waals surface area contributed by atoms with E-state index in [0.29, 0.717) is 24.0 Å². The fourth-order valence-corrected chi connectivity index (χ4v) is 5.59. The zero-order chi connectivity index (χ0) is 23.4. The number of sulfonamides is 1. The molecule has 1 fully saturated rings. The fraction of sp³-hybridized carbons (Fsp3) is 0.273. The molecule has 1 aliphatic rings. The van der Waals surface area contributed by atoms with Gasteiger partial charge in [0.15, 0.2) is 11.7 Å². The molecule has 4 rings (SSSR count). The van der Waals surface area contributed by atoms with Crippen molar-refractivity contribution < 1.29 is 22.3 Å². The second kappa shape index (κ2) is 10.1. The Bertz CT molecular complexity index is 1210. The van der Waals surface area contributed by atoms with Crippen LogP contribution in [0.5, 0.6) is 5.75 Å². The number of carbonyl (C=O) groups is 1. The number of benzene rings is 2. The van der Waals surface area contributed by atoms with E-state index in [4.69, 9.17) is 16.3 Å². The number of amides is 1. The van der Waals surface area contributed by atoms with Crippen molar-refractivity contribution in [2.75, 3.05) is 24.4 Å². The summed E-state index contributed by atoms with van der Waals surface area (Å²) < 4.78 is 46.1. The maximum atomic E-state index is 13.2. The predicted octanol–water partition coefficient (Wildman–Crippen LogP) is 4.52. The minimum absolute atomic E-state index is 0.0569. The van der Waals surface area contributed by atoms with Crippen molar-refractivity contribution in [3.63, 3.8) is 0 Å². The lowest BCUT2D eigenvalue weighted by Gasteiger charge is -2.32. The number of nitrogens with zero attached hydrogens (tertiary/aromatic N) is 2. The van der Waals surface area contributed by atoms with Crippen LogP contribution in [0.15, 0.2) is 58.9 Å². The molecule has 1 N–H and O–H groups in total. The number of carbonyl (C=O) groups excluding carboxylic acids is 1. The Labute approximate surface area is 200 Å². The molecule has 0 unspecified atom stereocenters. The molecule has 174 valence electrons. The van der Waals surface area contributed by atoms with E-state index in [2.05, 4.69) is 9.71 Å². The lowest BCUT2D eigenvalue weighted by atomic mass is 9.89. The number of anilines is 1. The molecule has 0 spiro atoms. The van der Waals surface area contributed by atoms with Gasteiger partial charge >= 0.3 is 0 Å². The van der Waals surface area contributed by atoms with Crippen LogP contribution in [0.4, 0.5) is 9.52 Å². The van der Waals surface area contributed by atoms with Crippen LogP contribution in [0, 0.1) is 5.82 Å². The van der Waals surface area contributed by atoms with Gasteiger partial charge in [0.05, 0.1) is 9.92 Å². The Morgan fingerprint density at radius 1 is 1.21 bits per heavy atom. The van der Waals surface area contributed by atoms with Gasteiger partial charge in [0.25, 0.3) is 15.9 Å². The molecule has 0 saturated carbocycles. The predicted molar refractivity (Wildman–Crippen MR) is 125 cm³/mol. The van der Waals surface area contributed by atoms with Crippen LogP contribution in [0.2, 0.25) is 5.02 Å². The molecular weight excluding hydrogens is 489 g/mol. The zero-order valence-corrected chi connectivity index (χ0v) is 19.8. The third-order valence-corrected chi connectivity index (χ3v) is 7.88. The average Bonchev–Trinajstić information content (AvgIpc) is 3.32. The number of nitrogens with one attached hydrogen (secondary N) is 1. The van der Waals surface area contributed by atoms with E-state index in [9.17, 15) is 17.6 Å². The van der Waals surface area contributed by atoms with E-state index in [1.807, 2.05) is 12.1 Å². The average molecular weight is 510 g/mol. The van der Waals surface area contributed by atoms with Gasteiger partial charge in [-0.05, 0) is 48.6 Å². The molecule has 0 radical (unpaired) electrons. The second-order valence-corrected chi connectivity index (χ2v) is 10.5. The molecule has 11 heteroatoms. The van der Waals surface area contributed by atoms with Crippen LogP contribution in [0.1, 0.15) is 24.3 Å². The monoisotopic (exact) mass is 509 g/mol. The van der Waals surface area contributed by atoms with E-state index < -0.39 is 15.8 Å². The van der Waals surface area contributed by atoms with Gasteiger partial charge in [-0.1, -0.05) is 23.7 Å². The number of halogens is 2. The number of hydrogen-bond donors (Lipinski definition) is 1. The second-order valence-electron chi connectivity index (χ2n) is 7.53. The van der Waals surface area contributed by atoms with E-state index in [0.717, 1.165) is 18.4 Å². The lowest BCUT2D eigenvalue weighted by Crippen LogP contribution is -2.40. The summed E-state index contributed by atoms with van der Waals surface area (Å²) in [6.45, 7) is 0.997. The maximum Gasteiger partial charge on any atom is 0.263 e. The molecule has 0 atom stereocenters. The first-order valence-corrected chi connectivity index (χ1v) is 12.9. The molecule has 0 bridgehead atoms. The van der Waals surface area contributed by atoms with Crippen LogP contribution in [0.25, 0.3) is 0 Å². The molecule has 3 aromatic rings. The first-order chi connectivity index (χ1) is 15.8. The zero-order valence-electron chi connectivity index (χ0n) is 17.4. The Kier molecular flexibility index (Phi) is 7.16. The van der Waals surface area contributed by atoms with Crippen molar-refractivity contribution in [3.05, 3.63) is 70.4 Å². The van der Waals surface area contributed by atoms with Gasteiger partial charge in [0.1, 0.15) is 11.6 Å². The van der Waals surface area contributed by atoms with Crippen molar-refractivity contribution in [1.82, 2.24) is 9.88 Å². The van der Waals surface area contributed by atoms with Gasteiger partial charge in [0, 0.05) is 30.7 Å². The third-order valence-electron chi connectivity index (χ3n) is 5.42. The maximum absolute atomic E-state index is 13.2. The van der Waals surface area contributed by atoms with Gasteiger partial charge in [-0.3, -0.25) is 9.52 Å². The molecule has 7 nitrogen and oxygen atoms in total. The summed E-state index contributed by atoms with van der Waals surface area (Å²) >= 11 is 6.94. The summed E-state index contributed by atoms with van der Waals surface area (Å²) in [5.74, 6) is -0.124. The molecule has 1 aliphatic heterocycles. The van der Waals surface area contributed by atoms with Crippen molar-refractivity contribution in [3.8, 4) is 5.75 Å². The molecule has 1 amide bonds. The summed E-state index contributed by atoms with van der Waals surface area (Å²) in [5.41, 5.74) is 1.03. The number of aromatic nitrogens is 1. The summed E-state index contributed by atoms with van der Waals surface area (Å²) in [6.07, 6.45) is 3.06. The van der Waals surface area contributed by atoms with Crippen LogP contribution in [0.3, 0.4) is 0 Å². The Morgan fingerprint density at radius 3 is 2.58 bits per heavy atom. The first-order valence-electron chi connectivity index (χ1n) is 10.2. The number of thiazole rings is 1. The lowest BCUT2D eigenvalue weighted by molar-refractivity contribution is -0.134. The van der Waals surface area contributed by atoms with Crippen LogP contribution in [-0.2, 0) is 14.8 Å². The van der Waals surface area contributed by atoms with Crippen LogP contribution >= 0.6 is 22.9 Å². The smallest absolute Gasteiger partial charge is 0.263 e. The molecular formula is C22H21ClFN3O4S2. The molecule has 1 saturated heterocycles. The molecule has 1 aromatic heterocycles. The highest BCUT2D eigenvalue weighted by Crippen LogP contribution is 2.29. The Balaban J connectivity index is 1.29. The third kappa shape index (κ3) is 5.82. The number of ether oxygens (including phenoxy) is 1. The normalized spacial score (nSPS) is 14.8. The highest BCUT2D eigenvalue weighted by Gasteiger charge is 2.25. The molecule has 2 aromatic carbocycles. The number of piperidine rings is 1. The summed E-state index contributed by atoms with van der Waals surface area (Å²) in [5, 5.41) is 1.96. The first kappa shape index (κ1) is 23.5. The van der Waals surface area contributed by atoms with Crippen LogP contribution < -0.4 is 9.46 Å². The number of hydrogen-bond acceptors (Lipinski definition) is 6. The summed E-state index contributed by atoms with van der Waals surface area (Å²) in [6, 6.07) is 10.8. The van der Waals surface area contributed by atoms with Gasteiger partial charge in [-0.15, -0.1) is 11.3 Å². The van der Waals surface area contributed by atoms with E-state index in [1.165, 1.54) is 35.7 Å². The molecule has 0 aliphatic carbocycles. The largest absolute Gasteiger partial charge is 0.484 e. The van der Waals surface area contributed by atoms with Crippen molar-refractivity contribution in [2.24, 2.45) is 0 Å². The highest BCUT2D eigenvalue weighted by molar-refractivity contribution is 7.93. The fourth-order valence-electron chi connectivity index (χ4n) is 3.63. The quantitative estimate of drug-likeness (QED) is 0.506. The summed E-state index contributed by atoms with van der Waals surface area (Å²) in [7, 11) is -3.68. The van der Waals surface area contributed by atoms with Gasteiger partial charge in [0.2, 0.25) is 0 Å². The number of rotatable bonds is 7. The summed E-state index contributed by atoms with van der Waals surface area (Å²) in [4.78, 5) is 18.3. The SMILES string of the molecule is O=C(COc1ccc(F)c(Cl)c1)N1CCC(c2ccc(S(=O)(=O)Nc3nccs3)cc2)CC1. The topological polar surface area (TPSA) is 88.6 Å². The highest BCUT2D eigenvalue weighted by atomic mass is 35.5. The van der Waals surface area contributed by atoms with Crippen LogP contribution in [-0.4, -0.2) is 43.9 Å². The standard InChI is InChI=1S/C22H21ClFN3O4S2/c23-19-13-17(3-6-20(19)24)31-14-21(28)27-10-7-16(8-11-27)15-1-4-18(5-2-15)33(29,30)26-22-25-9-12-32-22/h1-6,9,12-13,16H,7-8,10-11,14H2,(H,25,26). The minimum atomic E-state index is -3.68. The Hall–Kier alpha value is -2.69. The van der Waals surface area contributed by atoms with Crippen molar-refractivity contribution in [1.29, 1.82) is 0 Å². The minimum Gasteiger partial charge on any atom is -0.484 e. The van der Waals surface area contributed by atoms with Crippen molar-refractivity contribution in [2.45, 2.75) is 23.7 Å². The molecule has 33 heavy (non-hydrogen) atoms. The Morgan fingerprint density at radius 2 is 1.94 bits per heavy atom.